The number of hydrogen-bond donors (Lipinski definition) is 1. The predicted molar refractivity (Wildman–Crippen MR) is 99.5 cm³/mol. The first-order valence-corrected chi connectivity index (χ1v) is 10.1. The first-order chi connectivity index (χ1) is 11.2. The number of carbonyl (C=O) groups is 1. The van der Waals surface area contributed by atoms with E-state index in [2.05, 4.69) is 6.92 Å². The number of rotatable bonds is 17. The Morgan fingerprint density at radius 3 is 1.52 bits per heavy atom. The van der Waals surface area contributed by atoms with E-state index < -0.39 is 6.04 Å². The van der Waals surface area contributed by atoms with Crippen molar-refractivity contribution >= 4 is 5.97 Å². The Hall–Kier alpha value is -0.570. The van der Waals surface area contributed by atoms with Crippen LogP contribution in [0.3, 0.4) is 0 Å². The van der Waals surface area contributed by atoms with Gasteiger partial charge in [0.25, 0.3) is 0 Å². The zero-order valence-electron chi connectivity index (χ0n) is 15.8. The number of carbonyl (C=O) groups excluding carboxylic acids is 1. The molecule has 0 aliphatic heterocycles. The molecule has 1 unspecified atom stereocenters. The smallest absolute Gasteiger partial charge is 0.322 e. The van der Waals surface area contributed by atoms with Gasteiger partial charge in [0.1, 0.15) is 6.04 Å². The van der Waals surface area contributed by atoms with E-state index >= 15 is 0 Å². The normalized spacial score (nSPS) is 12.3. The highest BCUT2D eigenvalue weighted by Crippen LogP contribution is 2.12. The molecule has 0 spiro atoms. The molecule has 3 nitrogen and oxygen atoms in total. The van der Waals surface area contributed by atoms with Crippen LogP contribution in [0, 0.1) is 0 Å². The van der Waals surface area contributed by atoms with E-state index in [9.17, 15) is 4.79 Å². The quantitative estimate of drug-likeness (QED) is 0.273. The topological polar surface area (TPSA) is 52.3 Å². The predicted octanol–water partition coefficient (Wildman–Crippen LogP) is 5.75. The van der Waals surface area contributed by atoms with E-state index in [1.807, 2.05) is 6.92 Å². The van der Waals surface area contributed by atoms with Crippen molar-refractivity contribution in [2.45, 2.75) is 116 Å². The number of nitrogens with two attached hydrogens (primary N) is 1. The van der Waals surface area contributed by atoms with Gasteiger partial charge < -0.3 is 10.5 Å². The van der Waals surface area contributed by atoms with Crippen molar-refractivity contribution in [3.05, 3.63) is 0 Å². The summed E-state index contributed by atoms with van der Waals surface area (Å²) in [6.07, 6.45) is 19.4. The van der Waals surface area contributed by atoms with E-state index in [0.717, 1.165) is 12.8 Å². The lowest BCUT2D eigenvalue weighted by atomic mass is 10.0. The molecule has 0 aliphatic rings. The summed E-state index contributed by atoms with van der Waals surface area (Å²) >= 11 is 0. The van der Waals surface area contributed by atoms with Crippen molar-refractivity contribution in [3.63, 3.8) is 0 Å². The van der Waals surface area contributed by atoms with Crippen LogP contribution in [-0.4, -0.2) is 18.6 Å². The van der Waals surface area contributed by atoms with Gasteiger partial charge in [0.15, 0.2) is 0 Å². The highest BCUT2D eigenvalue weighted by molar-refractivity contribution is 5.75. The number of esters is 1. The summed E-state index contributed by atoms with van der Waals surface area (Å²) in [6, 6.07) is -0.443. The van der Waals surface area contributed by atoms with Crippen LogP contribution >= 0.6 is 0 Å². The van der Waals surface area contributed by atoms with Crippen LogP contribution < -0.4 is 5.73 Å². The van der Waals surface area contributed by atoms with E-state index in [4.69, 9.17) is 10.5 Å². The third-order valence-electron chi connectivity index (χ3n) is 4.48. The summed E-state index contributed by atoms with van der Waals surface area (Å²) in [5.41, 5.74) is 5.60. The standard InChI is InChI=1S/C20H41NO2/c1-3-5-6-7-8-9-10-11-12-13-14-15-16-17-18-23-20(22)19(21)4-2/h19H,3-18,21H2,1-2H3. The van der Waals surface area contributed by atoms with Crippen molar-refractivity contribution < 1.29 is 9.53 Å². The van der Waals surface area contributed by atoms with Gasteiger partial charge in [-0.2, -0.15) is 0 Å². The second-order valence-corrected chi connectivity index (χ2v) is 6.78. The summed E-state index contributed by atoms with van der Waals surface area (Å²) in [7, 11) is 0. The molecule has 0 heterocycles. The Morgan fingerprint density at radius 1 is 0.739 bits per heavy atom. The van der Waals surface area contributed by atoms with Crippen LogP contribution in [0.4, 0.5) is 0 Å². The van der Waals surface area contributed by atoms with Crippen molar-refractivity contribution in [1.29, 1.82) is 0 Å². The number of ether oxygens (including phenoxy) is 1. The number of unbranched alkanes of at least 4 members (excludes halogenated alkanes) is 13. The third kappa shape index (κ3) is 16.1. The third-order valence-corrected chi connectivity index (χ3v) is 4.48. The van der Waals surface area contributed by atoms with E-state index in [0.29, 0.717) is 13.0 Å². The fourth-order valence-corrected chi connectivity index (χ4v) is 2.74. The van der Waals surface area contributed by atoms with Gasteiger partial charge in [-0.3, -0.25) is 4.79 Å². The summed E-state index contributed by atoms with van der Waals surface area (Å²) in [4.78, 5) is 11.4. The highest BCUT2D eigenvalue weighted by atomic mass is 16.5. The lowest BCUT2D eigenvalue weighted by Crippen LogP contribution is -2.31. The van der Waals surface area contributed by atoms with Gasteiger partial charge in [0.2, 0.25) is 0 Å². The second-order valence-electron chi connectivity index (χ2n) is 6.78. The Bertz CT molecular complexity index is 256. The zero-order valence-corrected chi connectivity index (χ0v) is 15.8. The maximum Gasteiger partial charge on any atom is 0.322 e. The fraction of sp³-hybridized carbons (Fsp3) is 0.950. The van der Waals surface area contributed by atoms with Crippen molar-refractivity contribution in [2.24, 2.45) is 5.73 Å². The first-order valence-electron chi connectivity index (χ1n) is 10.1. The zero-order chi connectivity index (χ0) is 17.2. The van der Waals surface area contributed by atoms with E-state index in [-0.39, 0.29) is 5.97 Å². The van der Waals surface area contributed by atoms with Gasteiger partial charge in [-0.05, 0) is 12.8 Å². The van der Waals surface area contributed by atoms with Gasteiger partial charge in [-0.15, -0.1) is 0 Å². The Balaban J connectivity index is 3.09. The largest absolute Gasteiger partial charge is 0.465 e. The van der Waals surface area contributed by atoms with Crippen LogP contribution in [0.1, 0.15) is 110 Å². The molecule has 0 rings (SSSR count). The minimum absolute atomic E-state index is 0.248. The van der Waals surface area contributed by atoms with E-state index in [1.54, 1.807) is 0 Å². The molecule has 138 valence electrons. The molecule has 23 heavy (non-hydrogen) atoms. The summed E-state index contributed by atoms with van der Waals surface area (Å²) in [6.45, 7) is 4.71. The molecule has 3 heteroatoms. The fourth-order valence-electron chi connectivity index (χ4n) is 2.74. The average molecular weight is 328 g/mol. The van der Waals surface area contributed by atoms with Crippen LogP contribution in [0.25, 0.3) is 0 Å². The number of hydrogen-bond acceptors (Lipinski definition) is 3. The molecule has 0 bridgehead atoms. The van der Waals surface area contributed by atoms with Crippen molar-refractivity contribution in [2.75, 3.05) is 6.61 Å². The summed E-state index contributed by atoms with van der Waals surface area (Å²) < 4.78 is 5.14. The van der Waals surface area contributed by atoms with Crippen LogP contribution in [0.2, 0.25) is 0 Å². The monoisotopic (exact) mass is 327 g/mol. The minimum Gasteiger partial charge on any atom is -0.465 e. The van der Waals surface area contributed by atoms with Gasteiger partial charge in [-0.1, -0.05) is 97.3 Å². The van der Waals surface area contributed by atoms with Gasteiger partial charge >= 0.3 is 5.97 Å². The van der Waals surface area contributed by atoms with Gasteiger partial charge in [0, 0.05) is 0 Å². The molecule has 0 aromatic heterocycles. The molecule has 0 aromatic carbocycles. The Morgan fingerprint density at radius 2 is 1.13 bits per heavy atom. The van der Waals surface area contributed by atoms with Crippen LogP contribution in [0.5, 0.6) is 0 Å². The molecule has 0 aliphatic carbocycles. The lowest BCUT2D eigenvalue weighted by Gasteiger charge is -2.09. The highest BCUT2D eigenvalue weighted by Gasteiger charge is 2.11. The molecule has 0 saturated carbocycles. The van der Waals surface area contributed by atoms with Crippen LogP contribution in [-0.2, 0) is 9.53 Å². The SMILES string of the molecule is CCCCCCCCCCCCCCCCOC(=O)C(N)CC. The molecular weight excluding hydrogens is 286 g/mol. The molecule has 0 amide bonds. The Labute approximate surface area is 144 Å². The molecule has 2 N–H and O–H groups in total. The van der Waals surface area contributed by atoms with E-state index in [1.165, 1.54) is 77.0 Å². The van der Waals surface area contributed by atoms with Crippen molar-refractivity contribution in [3.8, 4) is 0 Å². The molecule has 0 aromatic rings. The van der Waals surface area contributed by atoms with Gasteiger partial charge in [-0.25, -0.2) is 0 Å². The molecular formula is C20H41NO2. The average Bonchev–Trinajstić information content (AvgIpc) is 2.57. The minimum atomic E-state index is -0.443. The molecule has 1 atom stereocenters. The first kappa shape index (κ1) is 22.4. The molecule has 0 saturated heterocycles. The van der Waals surface area contributed by atoms with Crippen molar-refractivity contribution in [1.82, 2.24) is 0 Å². The maximum atomic E-state index is 11.4. The summed E-state index contributed by atoms with van der Waals surface area (Å²) in [5, 5.41) is 0. The second kappa shape index (κ2) is 17.8. The lowest BCUT2D eigenvalue weighted by molar-refractivity contribution is -0.145. The van der Waals surface area contributed by atoms with Crippen LogP contribution in [0.15, 0.2) is 0 Å². The maximum absolute atomic E-state index is 11.4. The molecule has 0 radical (unpaired) electrons. The molecule has 0 fully saturated rings. The summed E-state index contributed by atoms with van der Waals surface area (Å²) in [5.74, 6) is -0.248. The van der Waals surface area contributed by atoms with Gasteiger partial charge in [0.05, 0.1) is 6.61 Å². The Kier molecular flexibility index (Phi) is 17.3.